The molecule has 17 heavy (non-hydrogen) atoms. The zero-order valence-electron chi connectivity index (χ0n) is 10.3. The summed E-state index contributed by atoms with van der Waals surface area (Å²) in [5.41, 5.74) is 0. The fourth-order valence-electron chi connectivity index (χ4n) is 2.96. The predicted molar refractivity (Wildman–Crippen MR) is 62.6 cm³/mol. The van der Waals surface area contributed by atoms with E-state index in [0.29, 0.717) is 13.0 Å². The van der Waals surface area contributed by atoms with E-state index in [-0.39, 0.29) is 11.9 Å². The van der Waals surface area contributed by atoms with Gasteiger partial charge in [0.05, 0.1) is 6.04 Å². The van der Waals surface area contributed by atoms with Crippen molar-refractivity contribution in [2.45, 2.75) is 44.7 Å². The average molecular weight is 240 g/mol. The summed E-state index contributed by atoms with van der Waals surface area (Å²) in [6.07, 6.45) is 3.31. The Bertz CT molecular complexity index is 319. The highest BCUT2D eigenvalue weighted by Gasteiger charge is 2.39. The molecule has 2 aliphatic rings. The number of carboxylic acids is 1. The van der Waals surface area contributed by atoms with E-state index in [2.05, 4.69) is 4.90 Å². The molecule has 0 aromatic heterocycles. The van der Waals surface area contributed by atoms with Crippen LogP contribution in [0.25, 0.3) is 0 Å². The second kappa shape index (κ2) is 5.04. The Morgan fingerprint density at radius 2 is 1.82 bits per heavy atom. The minimum Gasteiger partial charge on any atom is -0.480 e. The van der Waals surface area contributed by atoms with Crippen molar-refractivity contribution in [3.8, 4) is 0 Å². The van der Waals surface area contributed by atoms with Crippen molar-refractivity contribution in [3.05, 3.63) is 0 Å². The highest BCUT2D eigenvalue weighted by molar-refractivity contribution is 5.87. The van der Waals surface area contributed by atoms with Crippen LogP contribution in [-0.2, 0) is 9.59 Å². The van der Waals surface area contributed by atoms with E-state index < -0.39 is 12.0 Å². The molecule has 0 aromatic carbocycles. The predicted octanol–water partition coefficient (Wildman–Crippen LogP) is 0.546. The molecular weight excluding hydrogens is 220 g/mol. The lowest BCUT2D eigenvalue weighted by atomic mass is 10.1. The fourth-order valence-corrected chi connectivity index (χ4v) is 2.96. The Morgan fingerprint density at radius 3 is 2.47 bits per heavy atom. The third-order valence-electron chi connectivity index (χ3n) is 3.88. The molecule has 0 radical (unpaired) electrons. The van der Waals surface area contributed by atoms with Gasteiger partial charge in [-0.05, 0) is 38.8 Å². The minimum absolute atomic E-state index is 0.0225. The SMILES string of the molecule is CCN1CCC[C@H]1C(=O)N1CCC[C@H]1C(=O)O. The maximum atomic E-state index is 12.4. The third kappa shape index (κ3) is 2.29. The van der Waals surface area contributed by atoms with Crippen molar-refractivity contribution < 1.29 is 14.7 Å². The van der Waals surface area contributed by atoms with E-state index >= 15 is 0 Å². The van der Waals surface area contributed by atoms with Gasteiger partial charge < -0.3 is 10.0 Å². The van der Waals surface area contributed by atoms with Gasteiger partial charge in [-0.25, -0.2) is 4.79 Å². The summed E-state index contributed by atoms with van der Waals surface area (Å²) >= 11 is 0. The van der Waals surface area contributed by atoms with E-state index in [1.54, 1.807) is 4.90 Å². The van der Waals surface area contributed by atoms with Gasteiger partial charge in [0.2, 0.25) is 5.91 Å². The summed E-state index contributed by atoms with van der Waals surface area (Å²) in [6, 6.07) is -0.679. The van der Waals surface area contributed by atoms with Gasteiger partial charge in [0, 0.05) is 6.54 Å². The van der Waals surface area contributed by atoms with E-state index in [0.717, 1.165) is 32.4 Å². The van der Waals surface area contributed by atoms with Crippen molar-refractivity contribution in [2.24, 2.45) is 0 Å². The number of rotatable bonds is 3. The molecule has 1 amide bonds. The van der Waals surface area contributed by atoms with Gasteiger partial charge in [-0.15, -0.1) is 0 Å². The van der Waals surface area contributed by atoms with E-state index in [9.17, 15) is 9.59 Å². The summed E-state index contributed by atoms with van der Waals surface area (Å²) in [5.74, 6) is -0.842. The van der Waals surface area contributed by atoms with Crippen LogP contribution in [0.4, 0.5) is 0 Å². The molecule has 1 N–H and O–H groups in total. The molecule has 0 aliphatic carbocycles. The summed E-state index contributed by atoms with van der Waals surface area (Å²) in [4.78, 5) is 27.2. The molecule has 0 spiro atoms. The van der Waals surface area contributed by atoms with Crippen LogP contribution in [0.1, 0.15) is 32.6 Å². The normalized spacial score (nSPS) is 29.8. The molecule has 0 unspecified atom stereocenters. The van der Waals surface area contributed by atoms with Gasteiger partial charge in [-0.1, -0.05) is 6.92 Å². The van der Waals surface area contributed by atoms with Crippen molar-refractivity contribution >= 4 is 11.9 Å². The molecule has 0 aromatic rings. The van der Waals surface area contributed by atoms with Crippen LogP contribution in [0.3, 0.4) is 0 Å². The smallest absolute Gasteiger partial charge is 0.326 e. The molecule has 2 saturated heterocycles. The van der Waals surface area contributed by atoms with Crippen LogP contribution >= 0.6 is 0 Å². The number of hydrogen-bond acceptors (Lipinski definition) is 3. The van der Waals surface area contributed by atoms with Crippen molar-refractivity contribution in [2.75, 3.05) is 19.6 Å². The Hall–Kier alpha value is -1.10. The molecule has 2 aliphatic heterocycles. The van der Waals surface area contributed by atoms with Gasteiger partial charge in [-0.2, -0.15) is 0 Å². The Balaban J connectivity index is 2.06. The first-order valence-electron chi connectivity index (χ1n) is 6.42. The largest absolute Gasteiger partial charge is 0.480 e. The molecular formula is C12H20N2O3. The first-order valence-corrected chi connectivity index (χ1v) is 6.42. The van der Waals surface area contributed by atoms with Crippen molar-refractivity contribution in [1.29, 1.82) is 0 Å². The number of nitrogens with zero attached hydrogens (tertiary/aromatic N) is 2. The van der Waals surface area contributed by atoms with E-state index in [1.807, 2.05) is 6.92 Å². The second-order valence-corrected chi connectivity index (χ2v) is 4.81. The van der Waals surface area contributed by atoms with Gasteiger partial charge in [0.15, 0.2) is 0 Å². The number of carboxylic acid groups (broad SMARTS) is 1. The van der Waals surface area contributed by atoms with Crippen molar-refractivity contribution in [3.63, 3.8) is 0 Å². The number of amides is 1. The van der Waals surface area contributed by atoms with Crippen LogP contribution in [0.15, 0.2) is 0 Å². The Kier molecular flexibility index (Phi) is 3.66. The first kappa shape index (κ1) is 12.4. The summed E-state index contributed by atoms with van der Waals surface area (Å²) in [7, 11) is 0. The average Bonchev–Trinajstić information content (AvgIpc) is 2.96. The monoisotopic (exact) mass is 240 g/mol. The molecule has 5 heteroatoms. The fraction of sp³-hybridized carbons (Fsp3) is 0.833. The van der Waals surface area contributed by atoms with E-state index in [4.69, 9.17) is 5.11 Å². The van der Waals surface area contributed by atoms with Crippen LogP contribution in [0.5, 0.6) is 0 Å². The molecule has 0 bridgehead atoms. The zero-order chi connectivity index (χ0) is 12.4. The molecule has 5 nitrogen and oxygen atoms in total. The van der Waals surface area contributed by atoms with Gasteiger partial charge in [0.1, 0.15) is 6.04 Å². The van der Waals surface area contributed by atoms with Crippen LogP contribution in [0, 0.1) is 0 Å². The molecule has 2 heterocycles. The van der Waals surface area contributed by atoms with Gasteiger partial charge in [-0.3, -0.25) is 9.69 Å². The quantitative estimate of drug-likeness (QED) is 0.782. The molecule has 2 rings (SSSR count). The lowest BCUT2D eigenvalue weighted by molar-refractivity contribution is -0.150. The Morgan fingerprint density at radius 1 is 1.18 bits per heavy atom. The minimum atomic E-state index is -0.864. The molecule has 2 atom stereocenters. The number of likely N-dealkylation sites (N-methyl/N-ethyl adjacent to an activating group) is 1. The standard InChI is InChI=1S/C12H20N2O3/c1-2-13-7-3-5-9(13)11(15)14-8-4-6-10(14)12(16)17/h9-10H,2-8H2,1H3,(H,16,17)/t9-,10-/m0/s1. The maximum absolute atomic E-state index is 12.4. The van der Waals surface area contributed by atoms with Gasteiger partial charge in [0.25, 0.3) is 0 Å². The van der Waals surface area contributed by atoms with Gasteiger partial charge >= 0.3 is 5.97 Å². The number of likely N-dealkylation sites (tertiary alicyclic amines) is 2. The van der Waals surface area contributed by atoms with E-state index in [1.165, 1.54) is 0 Å². The van der Waals surface area contributed by atoms with Crippen molar-refractivity contribution in [1.82, 2.24) is 9.80 Å². The number of carbonyl (C=O) groups excluding carboxylic acids is 1. The highest BCUT2D eigenvalue weighted by atomic mass is 16.4. The molecule has 96 valence electrons. The lowest BCUT2D eigenvalue weighted by Gasteiger charge is -2.29. The summed E-state index contributed by atoms with van der Waals surface area (Å²) in [5, 5.41) is 9.09. The highest BCUT2D eigenvalue weighted by Crippen LogP contribution is 2.24. The molecule has 0 saturated carbocycles. The summed E-state index contributed by atoms with van der Waals surface area (Å²) < 4.78 is 0. The number of hydrogen-bond donors (Lipinski definition) is 1. The second-order valence-electron chi connectivity index (χ2n) is 4.81. The topological polar surface area (TPSA) is 60.9 Å². The maximum Gasteiger partial charge on any atom is 0.326 e. The summed E-state index contributed by atoms with van der Waals surface area (Å²) in [6.45, 7) is 4.47. The molecule has 2 fully saturated rings. The van der Waals surface area contributed by atoms with Crippen LogP contribution in [0.2, 0.25) is 0 Å². The lowest BCUT2D eigenvalue weighted by Crippen LogP contribution is -2.49. The van der Waals surface area contributed by atoms with Crippen LogP contribution < -0.4 is 0 Å². The number of carbonyl (C=O) groups is 2. The Labute approximate surface area is 101 Å². The number of aliphatic carboxylic acids is 1. The third-order valence-corrected chi connectivity index (χ3v) is 3.88. The first-order chi connectivity index (χ1) is 8.15. The van der Waals surface area contributed by atoms with Crippen LogP contribution in [-0.4, -0.2) is 58.5 Å². The zero-order valence-corrected chi connectivity index (χ0v) is 10.3.